The van der Waals surface area contributed by atoms with Crippen LogP contribution in [0.1, 0.15) is 29.6 Å². The first-order valence-corrected chi connectivity index (χ1v) is 7.53. The van der Waals surface area contributed by atoms with E-state index in [0.717, 1.165) is 12.8 Å². The highest BCUT2D eigenvalue weighted by Gasteiger charge is 2.40. The van der Waals surface area contributed by atoms with E-state index in [4.69, 9.17) is 0 Å². The summed E-state index contributed by atoms with van der Waals surface area (Å²) in [5.74, 6) is -0.556. The van der Waals surface area contributed by atoms with Crippen LogP contribution in [0.15, 0.2) is 22.7 Å². The molecule has 0 saturated heterocycles. The van der Waals surface area contributed by atoms with Gasteiger partial charge in [-0.3, -0.25) is 4.79 Å². The van der Waals surface area contributed by atoms with Crippen molar-refractivity contribution in [2.75, 3.05) is 27.7 Å². The summed E-state index contributed by atoms with van der Waals surface area (Å²) < 4.78 is 13.8. The molecule has 20 heavy (non-hydrogen) atoms. The van der Waals surface area contributed by atoms with Crippen molar-refractivity contribution in [3.8, 4) is 0 Å². The highest BCUT2D eigenvalue weighted by atomic mass is 79.9. The van der Waals surface area contributed by atoms with Gasteiger partial charge in [-0.1, -0.05) is 6.07 Å². The van der Waals surface area contributed by atoms with Gasteiger partial charge < -0.3 is 9.80 Å². The monoisotopic (exact) mass is 342 g/mol. The van der Waals surface area contributed by atoms with Crippen molar-refractivity contribution in [3.05, 3.63) is 34.1 Å². The number of hydrogen-bond donors (Lipinski definition) is 0. The summed E-state index contributed by atoms with van der Waals surface area (Å²) in [5.41, 5.74) is 0.449. The molecule has 1 amide bonds. The molecule has 1 saturated carbocycles. The van der Waals surface area contributed by atoms with E-state index in [-0.39, 0.29) is 15.9 Å². The molecule has 2 rings (SSSR count). The van der Waals surface area contributed by atoms with Crippen molar-refractivity contribution >= 4 is 21.8 Å². The van der Waals surface area contributed by atoms with Gasteiger partial charge in [0.25, 0.3) is 5.91 Å². The minimum atomic E-state index is -0.407. The fourth-order valence-electron chi connectivity index (χ4n) is 2.72. The van der Waals surface area contributed by atoms with Gasteiger partial charge in [0.2, 0.25) is 0 Å². The summed E-state index contributed by atoms with van der Waals surface area (Å²) >= 11 is 3.16. The second-order valence-electron chi connectivity index (χ2n) is 5.73. The SMILES string of the molecule is CN(CC1(N(C)C)CCC1)C(=O)c1cccc(F)c1Br. The molecule has 110 valence electrons. The largest absolute Gasteiger partial charge is 0.340 e. The van der Waals surface area contributed by atoms with Gasteiger partial charge in [-0.05, 0) is 61.4 Å². The van der Waals surface area contributed by atoms with Crippen LogP contribution in [0.3, 0.4) is 0 Å². The zero-order valence-corrected chi connectivity index (χ0v) is 13.7. The maximum atomic E-state index is 13.5. The van der Waals surface area contributed by atoms with Gasteiger partial charge in [-0.25, -0.2) is 4.39 Å². The van der Waals surface area contributed by atoms with Gasteiger partial charge in [-0.15, -0.1) is 0 Å². The number of carbonyl (C=O) groups is 1. The molecule has 0 bridgehead atoms. The smallest absolute Gasteiger partial charge is 0.254 e. The maximum absolute atomic E-state index is 13.5. The van der Waals surface area contributed by atoms with Crippen LogP contribution in [0, 0.1) is 5.82 Å². The molecule has 0 atom stereocenters. The van der Waals surface area contributed by atoms with E-state index in [9.17, 15) is 9.18 Å². The summed E-state index contributed by atoms with van der Waals surface area (Å²) in [7, 11) is 5.88. The number of likely N-dealkylation sites (N-methyl/N-ethyl adjacent to an activating group) is 2. The Morgan fingerprint density at radius 2 is 2.00 bits per heavy atom. The topological polar surface area (TPSA) is 23.6 Å². The van der Waals surface area contributed by atoms with Crippen molar-refractivity contribution in [3.63, 3.8) is 0 Å². The quantitative estimate of drug-likeness (QED) is 0.839. The minimum absolute atomic E-state index is 0.0736. The van der Waals surface area contributed by atoms with Crippen LogP contribution >= 0.6 is 15.9 Å². The van der Waals surface area contributed by atoms with Crippen molar-refractivity contribution in [1.82, 2.24) is 9.80 Å². The molecule has 3 nitrogen and oxygen atoms in total. The number of halogens is 2. The number of carbonyl (C=O) groups excluding carboxylic acids is 1. The van der Waals surface area contributed by atoms with Crippen LogP contribution in [0.25, 0.3) is 0 Å². The Balaban J connectivity index is 2.15. The highest BCUT2D eigenvalue weighted by Crippen LogP contribution is 2.37. The van der Waals surface area contributed by atoms with E-state index >= 15 is 0 Å². The highest BCUT2D eigenvalue weighted by molar-refractivity contribution is 9.10. The summed E-state index contributed by atoms with van der Waals surface area (Å²) in [5, 5.41) is 0. The number of amides is 1. The Hall–Kier alpha value is -0.940. The first-order valence-electron chi connectivity index (χ1n) is 6.74. The van der Waals surface area contributed by atoms with Crippen molar-refractivity contribution < 1.29 is 9.18 Å². The second-order valence-corrected chi connectivity index (χ2v) is 6.53. The predicted octanol–water partition coefficient (Wildman–Crippen LogP) is 3.14. The van der Waals surface area contributed by atoms with Crippen LogP contribution in [0.4, 0.5) is 4.39 Å². The molecule has 1 aromatic carbocycles. The summed E-state index contributed by atoms with van der Waals surface area (Å²) in [6.07, 6.45) is 3.40. The first-order chi connectivity index (χ1) is 9.37. The number of nitrogens with zero attached hydrogens (tertiary/aromatic N) is 2. The molecular formula is C15H20BrFN2O. The molecule has 0 aliphatic heterocycles. The van der Waals surface area contributed by atoms with Gasteiger partial charge in [-0.2, -0.15) is 0 Å². The summed E-state index contributed by atoms with van der Waals surface area (Å²) in [6.45, 7) is 0.668. The predicted molar refractivity (Wildman–Crippen MR) is 81.3 cm³/mol. The lowest BCUT2D eigenvalue weighted by molar-refractivity contribution is 0.0252. The van der Waals surface area contributed by atoms with Gasteiger partial charge in [0.1, 0.15) is 5.82 Å². The standard InChI is InChI=1S/C15H20BrFN2O/c1-18(2)15(8-5-9-15)10-19(3)14(20)11-6-4-7-12(17)13(11)16/h4,6-7H,5,8-10H2,1-3H3. The Bertz CT molecular complexity index is 515. The lowest BCUT2D eigenvalue weighted by atomic mass is 9.75. The average molecular weight is 343 g/mol. The normalized spacial score (nSPS) is 16.9. The van der Waals surface area contributed by atoms with Crippen LogP contribution in [-0.2, 0) is 0 Å². The summed E-state index contributed by atoms with van der Waals surface area (Å²) in [4.78, 5) is 16.4. The van der Waals surface area contributed by atoms with Crippen molar-refractivity contribution in [2.24, 2.45) is 0 Å². The second kappa shape index (κ2) is 5.82. The molecule has 0 N–H and O–H groups in total. The Morgan fingerprint density at radius 1 is 1.35 bits per heavy atom. The molecule has 5 heteroatoms. The fourth-order valence-corrected chi connectivity index (χ4v) is 3.15. The molecule has 1 aliphatic carbocycles. The van der Waals surface area contributed by atoms with Crippen molar-refractivity contribution in [1.29, 1.82) is 0 Å². The Labute approximate surface area is 127 Å². The molecule has 1 aromatic rings. The van der Waals surface area contributed by atoms with E-state index in [1.807, 2.05) is 0 Å². The van der Waals surface area contributed by atoms with E-state index in [1.54, 1.807) is 24.1 Å². The van der Waals surface area contributed by atoms with E-state index in [1.165, 1.54) is 12.5 Å². The van der Waals surface area contributed by atoms with Crippen LogP contribution < -0.4 is 0 Å². The van der Waals surface area contributed by atoms with Crippen LogP contribution in [0.2, 0.25) is 0 Å². The molecule has 0 aromatic heterocycles. The van der Waals surface area contributed by atoms with E-state index < -0.39 is 5.82 Å². The third kappa shape index (κ3) is 2.74. The molecule has 0 radical (unpaired) electrons. The minimum Gasteiger partial charge on any atom is -0.340 e. The number of hydrogen-bond acceptors (Lipinski definition) is 2. The average Bonchev–Trinajstić information content (AvgIpc) is 2.35. The lowest BCUT2D eigenvalue weighted by Crippen LogP contribution is -2.57. The van der Waals surface area contributed by atoms with E-state index in [0.29, 0.717) is 12.1 Å². The lowest BCUT2D eigenvalue weighted by Gasteiger charge is -2.49. The van der Waals surface area contributed by atoms with Gasteiger partial charge in [0.15, 0.2) is 0 Å². The number of benzene rings is 1. The van der Waals surface area contributed by atoms with Crippen molar-refractivity contribution in [2.45, 2.75) is 24.8 Å². The number of rotatable bonds is 4. The molecule has 1 fully saturated rings. The Kier molecular flexibility index (Phi) is 4.49. The first kappa shape index (κ1) is 15.4. The Morgan fingerprint density at radius 3 is 2.50 bits per heavy atom. The molecule has 0 unspecified atom stereocenters. The fraction of sp³-hybridized carbons (Fsp3) is 0.533. The van der Waals surface area contributed by atoms with Crippen LogP contribution in [-0.4, -0.2) is 48.9 Å². The van der Waals surface area contributed by atoms with Gasteiger partial charge in [0, 0.05) is 19.1 Å². The molecule has 0 spiro atoms. The third-order valence-electron chi connectivity index (χ3n) is 4.29. The molecular weight excluding hydrogens is 323 g/mol. The summed E-state index contributed by atoms with van der Waals surface area (Å²) in [6, 6.07) is 4.55. The molecule has 1 aliphatic rings. The zero-order chi connectivity index (χ0) is 14.9. The third-order valence-corrected chi connectivity index (χ3v) is 5.10. The zero-order valence-electron chi connectivity index (χ0n) is 12.1. The maximum Gasteiger partial charge on any atom is 0.254 e. The van der Waals surface area contributed by atoms with E-state index in [2.05, 4.69) is 34.9 Å². The van der Waals surface area contributed by atoms with Gasteiger partial charge >= 0.3 is 0 Å². The molecule has 0 heterocycles. The van der Waals surface area contributed by atoms with Crippen LogP contribution in [0.5, 0.6) is 0 Å². The van der Waals surface area contributed by atoms with Gasteiger partial charge in [0.05, 0.1) is 10.0 Å².